The van der Waals surface area contributed by atoms with Crippen LogP contribution in [0.4, 0.5) is 5.82 Å². The molecule has 36 heavy (non-hydrogen) atoms. The third kappa shape index (κ3) is 5.75. The predicted octanol–water partition coefficient (Wildman–Crippen LogP) is -0.145. The van der Waals surface area contributed by atoms with Gasteiger partial charge in [-0.2, -0.15) is 9.78 Å². The van der Waals surface area contributed by atoms with Crippen molar-refractivity contribution in [1.82, 2.24) is 35.6 Å². The molecule has 2 aromatic heterocycles. The van der Waals surface area contributed by atoms with Crippen LogP contribution in [0.1, 0.15) is 41.5 Å². The van der Waals surface area contributed by atoms with E-state index in [4.69, 9.17) is 20.9 Å². The van der Waals surface area contributed by atoms with Gasteiger partial charge in [-0.05, 0) is 66.9 Å². The van der Waals surface area contributed by atoms with E-state index in [1.165, 1.54) is 10.9 Å². The molecule has 0 unspecified atom stereocenters. The number of hydrogen-bond acceptors (Lipinski definition) is 12. The molecule has 0 radical (unpaired) electrons. The van der Waals surface area contributed by atoms with E-state index in [1.807, 2.05) is 6.92 Å². The van der Waals surface area contributed by atoms with E-state index in [1.54, 1.807) is 18.2 Å². The zero-order valence-corrected chi connectivity index (χ0v) is 19.6. The number of hydrazone groups is 1. The number of primary amides is 1. The van der Waals surface area contributed by atoms with Gasteiger partial charge in [-0.3, -0.25) is 14.5 Å². The smallest absolute Gasteiger partial charge is 0.292 e. The summed E-state index contributed by atoms with van der Waals surface area (Å²) in [4.78, 5) is 26.3. The standard InChI is InChI=1S/C21H26N10O5/c1-2-34-16-9-13(5-6-15(16)35-12-17(22)32)10-24-26-21(33)18-14(11-30-7-3-4-8-30)25-29-31(18)20-19(23)27-36-28-20/h5-6,9-10H,2-4,7-8,11-12H2,1H3,(H2,22,32)(H2,23,27)(H,26,33). The summed E-state index contributed by atoms with van der Waals surface area (Å²) in [7, 11) is 0. The van der Waals surface area contributed by atoms with Crippen LogP contribution in [-0.4, -0.2) is 74.5 Å². The summed E-state index contributed by atoms with van der Waals surface area (Å²) in [5.74, 6) is -0.397. The Labute approximate surface area is 205 Å². The van der Waals surface area contributed by atoms with Crippen molar-refractivity contribution >= 4 is 23.8 Å². The number of aromatic nitrogens is 5. The summed E-state index contributed by atoms with van der Waals surface area (Å²) >= 11 is 0. The second kappa shape index (κ2) is 11.3. The molecule has 0 saturated carbocycles. The highest BCUT2D eigenvalue weighted by Crippen LogP contribution is 2.28. The molecule has 15 heteroatoms. The lowest BCUT2D eigenvalue weighted by Crippen LogP contribution is -2.26. The van der Waals surface area contributed by atoms with Crippen molar-refractivity contribution in [3.05, 3.63) is 35.2 Å². The minimum Gasteiger partial charge on any atom is -0.490 e. The van der Waals surface area contributed by atoms with Crippen LogP contribution >= 0.6 is 0 Å². The van der Waals surface area contributed by atoms with Crippen LogP contribution < -0.4 is 26.4 Å². The van der Waals surface area contributed by atoms with Gasteiger partial charge in [0, 0.05) is 6.54 Å². The first kappa shape index (κ1) is 24.6. The number of amides is 2. The minimum atomic E-state index is -0.605. The molecule has 0 bridgehead atoms. The van der Waals surface area contributed by atoms with Gasteiger partial charge in [0.25, 0.3) is 11.8 Å². The summed E-state index contributed by atoms with van der Waals surface area (Å²) in [5.41, 5.74) is 14.6. The number of ether oxygens (including phenoxy) is 2. The van der Waals surface area contributed by atoms with Gasteiger partial charge in [-0.15, -0.1) is 5.10 Å². The molecular weight excluding hydrogens is 472 g/mol. The number of nitrogen functional groups attached to an aromatic ring is 1. The number of anilines is 1. The van der Waals surface area contributed by atoms with Gasteiger partial charge in [0.15, 0.2) is 23.8 Å². The lowest BCUT2D eigenvalue weighted by Gasteiger charge is -2.13. The molecule has 2 amide bonds. The zero-order chi connectivity index (χ0) is 25.5. The maximum atomic E-state index is 13.1. The molecule has 15 nitrogen and oxygen atoms in total. The Bertz CT molecular complexity index is 1250. The largest absolute Gasteiger partial charge is 0.490 e. The summed E-state index contributed by atoms with van der Waals surface area (Å²) in [6.45, 7) is 4.15. The first-order chi connectivity index (χ1) is 17.5. The van der Waals surface area contributed by atoms with E-state index in [0.29, 0.717) is 35.9 Å². The Balaban J connectivity index is 1.53. The fourth-order valence-electron chi connectivity index (χ4n) is 3.65. The van der Waals surface area contributed by atoms with Crippen LogP contribution in [-0.2, 0) is 11.3 Å². The van der Waals surface area contributed by atoms with Crippen molar-refractivity contribution in [3.63, 3.8) is 0 Å². The maximum absolute atomic E-state index is 13.1. The van der Waals surface area contributed by atoms with E-state index in [0.717, 1.165) is 25.9 Å². The number of nitrogens with one attached hydrogen (secondary N) is 1. The molecule has 1 saturated heterocycles. The lowest BCUT2D eigenvalue weighted by molar-refractivity contribution is -0.119. The van der Waals surface area contributed by atoms with Crippen molar-refractivity contribution in [2.45, 2.75) is 26.3 Å². The number of nitrogens with zero attached hydrogens (tertiary/aromatic N) is 7. The van der Waals surface area contributed by atoms with Gasteiger partial charge < -0.3 is 20.9 Å². The second-order valence-electron chi connectivity index (χ2n) is 7.85. The van der Waals surface area contributed by atoms with Gasteiger partial charge >= 0.3 is 0 Å². The van der Waals surface area contributed by atoms with Gasteiger partial charge in [0.1, 0.15) is 5.69 Å². The molecule has 1 fully saturated rings. The molecular formula is C21H26N10O5. The second-order valence-corrected chi connectivity index (χ2v) is 7.85. The average molecular weight is 499 g/mol. The van der Waals surface area contributed by atoms with E-state index >= 15 is 0 Å². The number of rotatable bonds is 11. The number of carbonyl (C=O) groups excluding carboxylic acids is 2. The Morgan fingerprint density at radius 1 is 1.22 bits per heavy atom. The fraction of sp³-hybridized carbons (Fsp3) is 0.381. The lowest BCUT2D eigenvalue weighted by atomic mass is 10.2. The highest BCUT2D eigenvalue weighted by molar-refractivity contribution is 5.95. The van der Waals surface area contributed by atoms with Crippen LogP contribution in [0.2, 0.25) is 0 Å². The number of nitrogens with two attached hydrogens (primary N) is 2. The van der Waals surface area contributed by atoms with Crippen molar-refractivity contribution in [3.8, 4) is 17.3 Å². The van der Waals surface area contributed by atoms with Crippen LogP contribution in [0, 0.1) is 0 Å². The van der Waals surface area contributed by atoms with Gasteiger partial charge in [-0.1, -0.05) is 5.21 Å². The molecule has 1 aliphatic heterocycles. The molecule has 5 N–H and O–H groups in total. The van der Waals surface area contributed by atoms with E-state index in [9.17, 15) is 9.59 Å². The van der Waals surface area contributed by atoms with Crippen molar-refractivity contribution in [2.24, 2.45) is 10.8 Å². The summed E-state index contributed by atoms with van der Waals surface area (Å²) in [5, 5.41) is 19.5. The Morgan fingerprint density at radius 3 is 2.72 bits per heavy atom. The molecule has 0 atom stereocenters. The van der Waals surface area contributed by atoms with E-state index in [-0.39, 0.29) is 23.9 Å². The normalized spacial score (nSPS) is 13.8. The molecule has 3 aromatic rings. The fourth-order valence-corrected chi connectivity index (χ4v) is 3.65. The Hall–Kier alpha value is -4.53. The van der Waals surface area contributed by atoms with Crippen LogP contribution in [0.5, 0.6) is 11.5 Å². The van der Waals surface area contributed by atoms with Crippen molar-refractivity contribution in [1.29, 1.82) is 0 Å². The number of likely N-dealkylation sites (tertiary alicyclic amines) is 1. The minimum absolute atomic E-state index is 0.0349. The van der Waals surface area contributed by atoms with Crippen molar-refractivity contribution in [2.75, 3.05) is 32.0 Å². The number of hydrogen-bond donors (Lipinski definition) is 3. The number of benzene rings is 1. The monoisotopic (exact) mass is 498 g/mol. The Morgan fingerprint density at radius 2 is 2.03 bits per heavy atom. The first-order valence-electron chi connectivity index (χ1n) is 11.2. The first-order valence-corrected chi connectivity index (χ1v) is 11.2. The quantitative estimate of drug-likeness (QED) is 0.234. The third-order valence-corrected chi connectivity index (χ3v) is 5.24. The molecule has 190 valence electrons. The maximum Gasteiger partial charge on any atom is 0.292 e. The van der Waals surface area contributed by atoms with E-state index < -0.39 is 11.8 Å². The molecule has 3 heterocycles. The highest BCUT2D eigenvalue weighted by Gasteiger charge is 2.26. The summed E-state index contributed by atoms with van der Waals surface area (Å²) in [6.07, 6.45) is 3.59. The molecule has 1 aromatic carbocycles. The Kier molecular flexibility index (Phi) is 7.69. The highest BCUT2D eigenvalue weighted by atomic mass is 16.6. The van der Waals surface area contributed by atoms with E-state index in [2.05, 4.69) is 40.7 Å². The van der Waals surface area contributed by atoms with Crippen LogP contribution in [0.15, 0.2) is 27.9 Å². The predicted molar refractivity (Wildman–Crippen MR) is 125 cm³/mol. The SMILES string of the molecule is CCOc1cc(C=NNC(=O)c2c(CN3CCCC3)nnn2-c2nonc2N)ccc1OCC(N)=O. The molecule has 0 spiro atoms. The van der Waals surface area contributed by atoms with Gasteiger partial charge in [0.05, 0.1) is 12.8 Å². The van der Waals surface area contributed by atoms with Gasteiger partial charge in [0.2, 0.25) is 11.6 Å². The molecule has 4 rings (SSSR count). The van der Waals surface area contributed by atoms with Crippen LogP contribution in [0.3, 0.4) is 0 Å². The summed E-state index contributed by atoms with van der Waals surface area (Å²) < 4.78 is 16.8. The number of carbonyl (C=O) groups is 2. The summed E-state index contributed by atoms with van der Waals surface area (Å²) in [6, 6.07) is 4.95. The van der Waals surface area contributed by atoms with Gasteiger partial charge in [-0.25, -0.2) is 10.1 Å². The average Bonchev–Trinajstić information content (AvgIpc) is 3.60. The third-order valence-electron chi connectivity index (χ3n) is 5.24. The topological polar surface area (TPSA) is 202 Å². The molecule has 1 aliphatic rings. The zero-order valence-electron chi connectivity index (χ0n) is 19.6. The molecule has 0 aliphatic carbocycles. The van der Waals surface area contributed by atoms with Crippen LogP contribution in [0.25, 0.3) is 5.82 Å². The van der Waals surface area contributed by atoms with Crippen molar-refractivity contribution < 1.29 is 23.7 Å².